The molecule has 0 saturated heterocycles. The molecule has 4 rings (SSSR count). The fourth-order valence-electron chi connectivity index (χ4n) is 2.99. The minimum Gasteiger partial charge on any atom is -0.492 e. The average molecular weight is 422 g/mol. The van der Waals surface area contributed by atoms with Gasteiger partial charge >= 0.3 is 0 Å². The molecule has 1 N–H and O–H groups in total. The van der Waals surface area contributed by atoms with Gasteiger partial charge in [0.1, 0.15) is 11.6 Å². The average Bonchev–Trinajstić information content (AvgIpc) is 3.12. The number of H-pyrrole nitrogens is 1. The predicted molar refractivity (Wildman–Crippen MR) is 116 cm³/mol. The van der Waals surface area contributed by atoms with Crippen molar-refractivity contribution >= 4 is 17.4 Å². The molecular formula is C22H19FN4O2S. The van der Waals surface area contributed by atoms with E-state index in [1.807, 2.05) is 30.3 Å². The van der Waals surface area contributed by atoms with Crippen molar-refractivity contribution in [3.8, 4) is 17.1 Å². The molecule has 2 aromatic carbocycles. The van der Waals surface area contributed by atoms with Gasteiger partial charge in [0, 0.05) is 17.4 Å². The van der Waals surface area contributed by atoms with E-state index in [0.717, 1.165) is 17.7 Å². The summed E-state index contributed by atoms with van der Waals surface area (Å²) < 4.78 is 21.1. The maximum Gasteiger partial charge on any atom is 0.266 e. The normalized spacial score (nSPS) is 11.0. The lowest BCUT2D eigenvalue weighted by Gasteiger charge is -2.11. The highest BCUT2D eigenvalue weighted by Crippen LogP contribution is 2.23. The highest BCUT2D eigenvalue weighted by Gasteiger charge is 2.12. The van der Waals surface area contributed by atoms with Gasteiger partial charge in [-0.3, -0.25) is 9.89 Å². The second kappa shape index (κ2) is 8.96. The minimum atomic E-state index is -0.372. The van der Waals surface area contributed by atoms with Gasteiger partial charge in [-0.1, -0.05) is 48.2 Å². The number of benzene rings is 2. The van der Waals surface area contributed by atoms with Gasteiger partial charge in [0.05, 0.1) is 6.61 Å². The Hall–Kier alpha value is -3.39. The second-order valence-electron chi connectivity index (χ2n) is 6.45. The number of aromatic amines is 1. The van der Waals surface area contributed by atoms with E-state index in [2.05, 4.69) is 21.6 Å². The summed E-state index contributed by atoms with van der Waals surface area (Å²) in [5.74, 6) is 1.40. The Morgan fingerprint density at radius 1 is 1.17 bits per heavy atom. The summed E-state index contributed by atoms with van der Waals surface area (Å²) in [5.41, 5.74) is 1.76. The van der Waals surface area contributed by atoms with Crippen molar-refractivity contribution in [3.63, 3.8) is 0 Å². The molecule has 6 nitrogen and oxygen atoms in total. The van der Waals surface area contributed by atoms with Crippen molar-refractivity contribution in [2.45, 2.75) is 11.6 Å². The third-order valence-corrected chi connectivity index (χ3v) is 5.22. The summed E-state index contributed by atoms with van der Waals surface area (Å²) in [4.78, 5) is 20.7. The number of nitrogens with zero attached hydrogens (tertiary/aromatic N) is 3. The predicted octanol–water partition coefficient (Wildman–Crippen LogP) is 4.12. The smallest absolute Gasteiger partial charge is 0.266 e. The van der Waals surface area contributed by atoms with Crippen molar-refractivity contribution in [1.29, 1.82) is 0 Å². The molecule has 4 aromatic rings. The Balaban J connectivity index is 1.54. The maximum absolute atomic E-state index is 13.6. The number of rotatable bonds is 8. The number of thioether (sulfide) groups is 1. The maximum atomic E-state index is 13.6. The monoisotopic (exact) mass is 422 g/mol. The van der Waals surface area contributed by atoms with Crippen LogP contribution in [0.25, 0.3) is 17.0 Å². The molecule has 2 heterocycles. The van der Waals surface area contributed by atoms with Gasteiger partial charge in [0.2, 0.25) is 0 Å². The van der Waals surface area contributed by atoms with Crippen molar-refractivity contribution < 1.29 is 9.13 Å². The summed E-state index contributed by atoms with van der Waals surface area (Å²) >= 11 is 1.42. The van der Waals surface area contributed by atoms with Crippen LogP contribution in [-0.2, 0) is 6.42 Å². The van der Waals surface area contributed by atoms with Gasteiger partial charge in [0.25, 0.3) is 5.56 Å². The molecule has 0 spiro atoms. The lowest BCUT2D eigenvalue weighted by Crippen LogP contribution is -2.07. The lowest BCUT2D eigenvalue weighted by atomic mass is 10.1. The fraction of sp³-hybridized carbons (Fsp3) is 0.136. The van der Waals surface area contributed by atoms with Crippen LogP contribution in [-0.4, -0.2) is 31.9 Å². The third kappa shape index (κ3) is 4.44. The van der Waals surface area contributed by atoms with Crippen LogP contribution in [0.3, 0.4) is 0 Å². The van der Waals surface area contributed by atoms with Gasteiger partial charge in [-0.2, -0.15) is 0 Å². The molecule has 0 saturated carbocycles. The summed E-state index contributed by atoms with van der Waals surface area (Å²) in [6.45, 7) is 4.22. The first-order valence-corrected chi connectivity index (χ1v) is 10.3. The number of hydrogen-bond donors (Lipinski definition) is 1. The number of ether oxygens (including phenoxy) is 1. The first-order chi connectivity index (χ1) is 14.6. The highest BCUT2D eigenvalue weighted by molar-refractivity contribution is 7.99. The Bertz CT molecular complexity index is 1250. The SMILES string of the molecule is C=CCc1ccccc1OCCSc1nc(-c2cccc(F)c2)nc2cc(=O)[nH]n12. The molecule has 8 heteroatoms. The quantitative estimate of drug-likeness (QED) is 0.263. The lowest BCUT2D eigenvalue weighted by molar-refractivity contribution is 0.340. The van der Waals surface area contributed by atoms with E-state index in [-0.39, 0.29) is 11.4 Å². The summed E-state index contributed by atoms with van der Waals surface area (Å²) in [5, 5.41) is 3.24. The Morgan fingerprint density at radius 2 is 2.03 bits per heavy atom. The number of nitrogens with one attached hydrogen (secondary N) is 1. The van der Waals surface area contributed by atoms with Gasteiger partial charge in [0.15, 0.2) is 16.6 Å². The number of para-hydroxylation sites is 1. The van der Waals surface area contributed by atoms with Crippen LogP contribution >= 0.6 is 11.8 Å². The van der Waals surface area contributed by atoms with E-state index in [1.54, 1.807) is 12.1 Å². The number of allylic oxidation sites excluding steroid dienone is 1. The Morgan fingerprint density at radius 3 is 2.87 bits per heavy atom. The molecule has 0 amide bonds. The molecule has 0 radical (unpaired) electrons. The van der Waals surface area contributed by atoms with Crippen LogP contribution in [0, 0.1) is 5.82 Å². The molecule has 0 bridgehead atoms. The van der Waals surface area contributed by atoms with E-state index in [9.17, 15) is 9.18 Å². The van der Waals surface area contributed by atoms with E-state index in [0.29, 0.717) is 34.6 Å². The number of fused-ring (bicyclic) bond motifs is 1. The fourth-order valence-corrected chi connectivity index (χ4v) is 3.76. The molecule has 0 atom stereocenters. The van der Waals surface area contributed by atoms with Crippen molar-refractivity contribution in [3.05, 3.63) is 89.0 Å². The molecule has 2 aromatic heterocycles. The zero-order valence-electron chi connectivity index (χ0n) is 16.0. The molecule has 0 fully saturated rings. The molecule has 0 unspecified atom stereocenters. The minimum absolute atomic E-state index is 0.280. The zero-order valence-corrected chi connectivity index (χ0v) is 16.9. The van der Waals surface area contributed by atoms with E-state index in [4.69, 9.17) is 4.74 Å². The van der Waals surface area contributed by atoms with Crippen LogP contribution in [0.4, 0.5) is 4.39 Å². The van der Waals surface area contributed by atoms with Gasteiger partial charge in [-0.15, -0.1) is 6.58 Å². The molecule has 0 aliphatic heterocycles. The number of halogens is 1. The molecule has 152 valence electrons. The second-order valence-corrected chi connectivity index (χ2v) is 7.51. The van der Waals surface area contributed by atoms with Crippen LogP contribution in [0.5, 0.6) is 5.75 Å². The largest absolute Gasteiger partial charge is 0.492 e. The highest BCUT2D eigenvalue weighted by atomic mass is 32.2. The topological polar surface area (TPSA) is 72.3 Å². The van der Waals surface area contributed by atoms with E-state index in [1.165, 1.54) is 34.5 Å². The van der Waals surface area contributed by atoms with Crippen LogP contribution in [0.1, 0.15) is 5.56 Å². The molecule has 0 aliphatic carbocycles. The molecule has 0 aliphatic rings. The van der Waals surface area contributed by atoms with E-state index >= 15 is 0 Å². The third-order valence-electron chi connectivity index (χ3n) is 4.32. The van der Waals surface area contributed by atoms with Crippen LogP contribution < -0.4 is 10.3 Å². The van der Waals surface area contributed by atoms with Gasteiger partial charge in [-0.05, 0) is 30.2 Å². The summed E-state index contributed by atoms with van der Waals surface area (Å²) in [6, 6.07) is 15.3. The summed E-state index contributed by atoms with van der Waals surface area (Å²) in [6.07, 6.45) is 2.57. The van der Waals surface area contributed by atoms with Crippen LogP contribution in [0.15, 0.2) is 77.2 Å². The number of aromatic nitrogens is 4. The first kappa shape index (κ1) is 19.9. The Labute approximate surface area is 176 Å². The van der Waals surface area contributed by atoms with Gasteiger partial charge < -0.3 is 4.74 Å². The van der Waals surface area contributed by atoms with Gasteiger partial charge in [-0.25, -0.2) is 18.9 Å². The van der Waals surface area contributed by atoms with Crippen molar-refractivity contribution in [2.24, 2.45) is 0 Å². The number of hydrogen-bond acceptors (Lipinski definition) is 5. The van der Waals surface area contributed by atoms with Crippen molar-refractivity contribution in [1.82, 2.24) is 19.6 Å². The first-order valence-electron chi connectivity index (χ1n) is 9.34. The summed E-state index contributed by atoms with van der Waals surface area (Å²) in [7, 11) is 0. The zero-order chi connectivity index (χ0) is 20.9. The standard InChI is InChI=1S/C22H19FN4O2S/c1-2-6-15-7-3-4-10-18(15)29-11-12-30-22-25-21(16-8-5-9-17(23)13-16)24-19-14-20(28)26-27(19)22/h2-5,7-10,13-14H,1,6,11-12H2,(H,26,28). The van der Waals surface area contributed by atoms with E-state index < -0.39 is 0 Å². The van der Waals surface area contributed by atoms with Crippen molar-refractivity contribution in [2.75, 3.05) is 12.4 Å². The Kier molecular flexibility index (Phi) is 5.94. The van der Waals surface area contributed by atoms with Crippen LogP contribution in [0.2, 0.25) is 0 Å². The molecular weight excluding hydrogens is 403 g/mol. The molecule has 30 heavy (non-hydrogen) atoms.